The molecule has 2 aromatic carbocycles. The van der Waals surface area contributed by atoms with E-state index in [9.17, 15) is 14.4 Å². The molecule has 1 atom stereocenters. The van der Waals surface area contributed by atoms with Crippen LogP contribution < -0.4 is 10.9 Å². The van der Waals surface area contributed by atoms with Crippen molar-refractivity contribution in [3.05, 3.63) is 92.7 Å². The first kappa shape index (κ1) is 22.9. The van der Waals surface area contributed by atoms with Crippen LogP contribution in [-0.2, 0) is 11.3 Å². The highest BCUT2D eigenvalue weighted by molar-refractivity contribution is 7.12. The normalized spacial score (nSPS) is 15.3. The number of carbonyl (C=O) groups is 2. The van der Waals surface area contributed by atoms with E-state index < -0.39 is 0 Å². The van der Waals surface area contributed by atoms with Gasteiger partial charge in [0.15, 0.2) is 0 Å². The summed E-state index contributed by atoms with van der Waals surface area (Å²) in [4.78, 5) is 47.9. The van der Waals surface area contributed by atoms with Gasteiger partial charge in [0.05, 0.1) is 28.4 Å². The van der Waals surface area contributed by atoms with E-state index in [-0.39, 0.29) is 30.0 Å². The van der Waals surface area contributed by atoms with E-state index in [1.54, 1.807) is 53.4 Å². The molecule has 4 aromatic rings. The van der Waals surface area contributed by atoms with Gasteiger partial charge < -0.3 is 19.9 Å². The molecule has 0 aliphatic carbocycles. The zero-order chi connectivity index (χ0) is 24.2. The van der Waals surface area contributed by atoms with E-state index in [1.807, 2.05) is 17.5 Å². The molecule has 0 saturated carbocycles. The molecule has 1 saturated heterocycles. The van der Waals surface area contributed by atoms with Crippen LogP contribution in [0.4, 0.5) is 5.69 Å². The van der Waals surface area contributed by atoms with E-state index in [0.29, 0.717) is 46.0 Å². The number of ether oxygens (including phenoxy) is 1. The molecule has 0 spiro atoms. The summed E-state index contributed by atoms with van der Waals surface area (Å²) >= 11 is 1.36. The molecule has 0 unspecified atom stereocenters. The third-order valence-electron chi connectivity index (χ3n) is 5.87. The van der Waals surface area contributed by atoms with Gasteiger partial charge >= 0.3 is 0 Å². The zero-order valence-electron chi connectivity index (χ0n) is 18.9. The lowest BCUT2D eigenvalue weighted by molar-refractivity contribution is 0.0501. The molecule has 0 bridgehead atoms. The van der Waals surface area contributed by atoms with E-state index in [0.717, 1.165) is 12.8 Å². The molecule has 8 nitrogen and oxygen atoms in total. The highest BCUT2D eigenvalue weighted by Gasteiger charge is 2.24. The molecule has 0 radical (unpaired) electrons. The smallest absolute Gasteiger partial charge is 0.265 e. The predicted octanol–water partition coefficient (Wildman–Crippen LogP) is 4.06. The molecular weight excluding hydrogens is 464 g/mol. The Morgan fingerprint density at radius 3 is 2.69 bits per heavy atom. The Labute approximate surface area is 205 Å². The number of nitrogens with zero attached hydrogens (tertiary/aromatic N) is 2. The fourth-order valence-electron chi connectivity index (χ4n) is 4.12. The summed E-state index contributed by atoms with van der Waals surface area (Å²) in [5.41, 5.74) is 1.42. The van der Waals surface area contributed by atoms with Gasteiger partial charge in [-0.3, -0.25) is 14.4 Å². The molecular formula is C26H24N4O4S. The topological polar surface area (TPSA) is 104 Å². The van der Waals surface area contributed by atoms with Gasteiger partial charge in [0.1, 0.15) is 5.82 Å². The van der Waals surface area contributed by atoms with Gasteiger partial charge in [0.25, 0.3) is 17.4 Å². The average Bonchev–Trinajstić information content (AvgIpc) is 3.59. The van der Waals surface area contributed by atoms with Crippen LogP contribution in [0.25, 0.3) is 10.9 Å². The Hall–Kier alpha value is -3.82. The maximum atomic E-state index is 13.5. The molecule has 35 heavy (non-hydrogen) atoms. The number of hydrogen-bond donors (Lipinski definition) is 2. The monoisotopic (exact) mass is 488 g/mol. The molecule has 1 aliphatic rings. The quantitative estimate of drug-likeness (QED) is 0.408. The number of para-hydroxylation sites is 1. The van der Waals surface area contributed by atoms with E-state index in [1.165, 1.54) is 11.3 Å². The number of aromatic amines is 1. The Balaban J connectivity index is 1.36. The standard InChI is InChI=1S/C26H24N4O4S/c31-24-20-6-1-2-7-21(20)28-23(29-24)16-30(15-19-5-3-13-34-19)26(33)17-9-11-18(12-10-17)27-25(32)22-8-4-14-35-22/h1-2,4,6-12,14,19H,3,5,13,15-16H2,(H,27,32)(H,28,29,31)/t19-/m0/s1. The number of fused-ring (bicyclic) bond motifs is 1. The molecule has 1 aliphatic heterocycles. The number of rotatable bonds is 7. The van der Waals surface area contributed by atoms with Crippen molar-refractivity contribution in [2.45, 2.75) is 25.5 Å². The maximum absolute atomic E-state index is 13.5. The van der Waals surface area contributed by atoms with Crippen LogP contribution in [0.5, 0.6) is 0 Å². The van der Waals surface area contributed by atoms with Crippen LogP contribution >= 0.6 is 11.3 Å². The number of benzene rings is 2. The summed E-state index contributed by atoms with van der Waals surface area (Å²) in [6.45, 7) is 1.22. The highest BCUT2D eigenvalue weighted by Crippen LogP contribution is 2.19. The maximum Gasteiger partial charge on any atom is 0.265 e. The van der Waals surface area contributed by atoms with Crippen molar-refractivity contribution in [1.82, 2.24) is 14.9 Å². The molecule has 2 amide bonds. The zero-order valence-corrected chi connectivity index (χ0v) is 19.7. The summed E-state index contributed by atoms with van der Waals surface area (Å²) in [7, 11) is 0. The molecule has 9 heteroatoms. The Morgan fingerprint density at radius 1 is 1.11 bits per heavy atom. The lowest BCUT2D eigenvalue weighted by Gasteiger charge is -2.25. The Kier molecular flexibility index (Phi) is 6.69. The summed E-state index contributed by atoms with van der Waals surface area (Å²) in [6.07, 6.45) is 1.77. The van der Waals surface area contributed by atoms with Crippen molar-refractivity contribution in [2.24, 2.45) is 0 Å². The van der Waals surface area contributed by atoms with Gasteiger partial charge in [-0.2, -0.15) is 0 Å². The van der Waals surface area contributed by atoms with Gasteiger partial charge in [-0.1, -0.05) is 18.2 Å². The summed E-state index contributed by atoms with van der Waals surface area (Å²) in [5.74, 6) is 0.0257. The molecule has 5 rings (SSSR count). The number of carbonyl (C=O) groups excluding carboxylic acids is 2. The lowest BCUT2D eigenvalue weighted by atomic mass is 10.1. The number of amides is 2. The molecule has 1 fully saturated rings. The van der Waals surface area contributed by atoms with Gasteiger partial charge in [-0.15, -0.1) is 11.3 Å². The largest absolute Gasteiger partial charge is 0.376 e. The van der Waals surface area contributed by atoms with Gasteiger partial charge in [0, 0.05) is 24.4 Å². The van der Waals surface area contributed by atoms with Crippen molar-refractivity contribution < 1.29 is 14.3 Å². The van der Waals surface area contributed by atoms with Crippen LogP contribution in [0.2, 0.25) is 0 Å². The molecule has 2 aromatic heterocycles. The summed E-state index contributed by atoms with van der Waals surface area (Å²) in [6, 6.07) is 17.5. The average molecular weight is 489 g/mol. The fraction of sp³-hybridized carbons (Fsp3) is 0.231. The van der Waals surface area contributed by atoms with Crippen molar-refractivity contribution in [3.63, 3.8) is 0 Å². The van der Waals surface area contributed by atoms with E-state index >= 15 is 0 Å². The highest BCUT2D eigenvalue weighted by atomic mass is 32.1. The second-order valence-corrected chi connectivity index (χ2v) is 9.31. The van der Waals surface area contributed by atoms with Gasteiger partial charge in [-0.25, -0.2) is 4.98 Å². The summed E-state index contributed by atoms with van der Waals surface area (Å²) < 4.78 is 5.77. The minimum atomic E-state index is -0.235. The number of H-pyrrole nitrogens is 1. The fourth-order valence-corrected chi connectivity index (χ4v) is 4.74. The van der Waals surface area contributed by atoms with E-state index in [2.05, 4.69) is 15.3 Å². The minimum absolute atomic E-state index is 0.0597. The Morgan fingerprint density at radius 2 is 1.94 bits per heavy atom. The van der Waals surface area contributed by atoms with Crippen molar-refractivity contribution >= 4 is 39.7 Å². The van der Waals surface area contributed by atoms with Crippen LogP contribution in [-0.4, -0.2) is 45.9 Å². The molecule has 2 N–H and O–H groups in total. The predicted molar refractivity (Wildman–Crippen MR) is 135 cm³/mol. The van der Waals surface area contributed by atoms with Gasteiger partial charge in [-0.05, 0) is 60.7 Å². The SMILES string of the molecule is O=C(Nc1ccc(C(=O)N(Cc2nc3ccccc3c(=O)[nH]2)C[C@@H]2CCCO2)cc1)c1cccs1. The number of aromatic nitrogens is 2. The molecule has 178 valence electrons. The number of thiophene rings is 1. The first-order valence-corrected chi connectivity index (χ1v) is 12.3. The second-order valence-electron chi connectivity index (χ2n) is 8.36. The number of nitrogens with one attached hydrogen (secondary N) is 2. The lowest BCUT2D eigenvalue weighted by Crippen LogP contribution is -2.37. The minimum Gasteiger partial charge on any atom is -0.376 e. The third-order valence-corrected chi connectivity index (χ3v) is 6.74. The van der Waals surface area contributed by atoms with Crippen molar-refractivity contribution in [3.8, 4) is 0 Å². The number of hydrogen-bond acceptors (Lipinski definition) is 6. The van der Waals surface area contributed by atoms with Gasteiger partial charge in [0.2, 0.25) is 0 Å². The first-order chi connectivity index (χ1) is 17.1. The van der Waals surface area contributed by atoms with Crippen LogP contribution in [0.3, 0.4) is 0 Å². The second kappa shape index (κ2) is 10.2. The molecule has 3 heterocycles. The first-order valence-electron chi connectivity index (χ1n) is 11.4. The van der Waals surface area contributed by atoms with Crippen molar-refractivity contribution in [2.75, 3.05) is 18.5 Å². The van der Waals surface area contributed by atoms with Crippen molar-refractivity contribution in [1.29, 1.82) is 0 Å². The van der Waals surface area contributed by atoms with Crippen LogP contribution in [0, 0.1) is 0 Å². The van der Waals surface area contributed by atoms with E-state index in [4.69, 9.17) is 4.74 Å². The Bertz CT molecular complexity index is 1390. The summed E-state index contributed by atoms with van der Waals surface area (Å²) in [5, 5.41) is 5.19. The van der Waals surface area contributed by atoms with Crippen LogP contribution in [0.1, 0.15) is 38.7 Å². The number of anilines is 1. The van der Waals surface area contributed by atoms with Crippen LogP contribution in [0.15, 0.2) is 70.8 Å². The third kappa shape index (κ3) is 5.31.